The van der Waals surface area contributed by atoms with E-state index in [9.17, 15) is 4.79 Å². The molecule has 2 rings (SSSR count). The summed E-state index contributed by atoms with van der Waals surface area (Å²) in [7, 11) is 0. The summed E-state index contributed by atoms with van der Waals surface area (Å²) in [4.78, 5) is 18.6. The smallest absolute Gasteiger partial charge is 0.293 e. The number of morpholine rings is 1. The Balaban J connectivity index is 1.76. The molecule has 0 aromatic carbocycles. The zero-order valence-electron chi connectivity index (χ0n) is 12.2. The van der Waals surface area contributed by atoms with Gasteiger partial charge in [0.2, 0.25) is 0 Å². The highest BCUT2D eigenvalue weighted by Crippen LogP contribution is 1.99. The summed E-state index contributed by atoms with van der Waals surface area (Å²) < 4.78 is 7.02. The minimum atomic E-state index is -0.0271. The lowest BCUT2D eigenvalue weighted by molar-refractivity contribution is 0.0378. The molecule has 1 saturated heterocycles. The number of aromatic nitrogens is 2. The van der Waals surface area contributed by atoms with Gasteiger partial charge in [-0.3, -0.25) is 9.69 Å². The average molecular weight is 280 g/mol. The van der Waals surface area contributed by atoms with Gasteiger partial charge in [0.25, 0.3) is 5.56 Å². The third kappa shape index (κ3) is 4.31. The summed E-state index contributed by atoms with van der Waals surface area (Å²) in [6.07, 6.45) is 5.37. The molecule has 1 fully saturated rings. The third-order valence-electron chi connectivity index (χ3n) is 3.43. The van der Waals surface area contributed by atoms with Gasteiger partial charge >= 0.3 is 0 Å². The number of nitrogens with zero attached hydrogens (tertiary/aromatic N) is 3. The van der Waals surface area contributed by atoms with E-state index in [4.69, 9.17) is 4.74 Å². The topological polar surface area (TPSA) is 59.4 Å². The third-order valence-corrected chi connectivity index (χ3v) is 3.43. The first-order valence-electron chi connectivity index (χ1n) is 7.40. The van der Waals surface area contributed by atoms with Gasteiger partial charge < -0.3 is 14.6 Å². The van der Waals surface area contributed by atoms with Crippen LogP contribution in [-0.2, 0) is 11.3 Å². The van der Waals surface area contributed by atoms with Crippen molar-refractivity contribution in [1.29, 1.82) is 0 Å². The Hall–Kier alpha value is -1.40. The molecule has 1 aliphatic rings. The first kappa shape index (κ1) is 15.0. The molecule has 0 bridgehead atoms. The van der Waals surface area contributed by atoms with Crippen molar-refractivity contribution in [3.63, 3.8) is 0 Å². The van der Waals surface area contributed by atoms with Gasteiger partial charge in [-0.05, 0) is 19.4 Å². The summed E-state index contributed by atoms with van der Waals surface area (Å²) in [6, 6.07) is 0. The van der Waals surface area contributed by atoms with Gasteiger partial charge in [-0.1, -0.05) is 6.92 Å². The number of nitrogens with one attached hydrogen (secondary N) is 1. The number of hydrogen-bond donors (Lipinski definition) is 1. The monoisotopic (exact) mass is 280 g/mol. The largest absolute Gasteiger partial charge is 0.379 e. The lowest BCUT2D eigenvalue weighted by atomic mass is 10.3. The molecule has 1 aromatic heterocycles. The highest BCUT2D eigenvalue weighted by Gasteiger charge is 2.09. The first-order chi connectivity index (χ1) is 9.81. The summed E-state index contributed by atoms with van der Waals surface area (Å²) in [5.41, 5.74) is -0.0271. The van der Waals surface area contributed by atoms with E-state index in [1.165, 1.54) is 0 Å². The molecule has 1 aliphatic heterocycles. The molecule has 0 unspecified atom stereocenters. The molecule has 112 valence electrons. The molecule has 0 radical (unpaired) electrons. The summed E-state index contributed by atoms with van der Waals surface area (Å²) in [5, 5.41) is 3.15. The molecule has 20 heavy (non-hydrogen) atoms. The highest BCUT2D eigenvalue weighted by molar-refractivity contribution is 5.30. The fourth-order valence-corrected chi connectivity index (χ4v) is 2.32. The van der Waals surface area contributed by atoms with E-state index < -0.39 is 0 Å². The second-order valence-electron chi connectivity index (χ2n) is 5.01. The Labute approximate surface area is 119 Å². The Bertz CT molecular complexity index is 455. The number of hydrogen-bond acceptors (Lipinski definition) is 5. The van der Waals surface area contributed by atoms with Gasteiger partial charge in [0.05, 0.1) is 13.2 Å². The zero-order chi connectivity index (χ0) is 14.2. The molecule has 0 amide bonds. The van der Waals surface area contributed by atoms with E-state index in [1.807, 2.05) is 0 Å². The minimum absolute atomic E-state index is 0.0271. The summed E-state index contributed by atoms with van der Waals surface area (Å²) in [6.45, 7) is 8.28. The van der Waals surface area contributed by atoms with E-state index in [0.717, 1.165) is 58.8 Å². The second kappa shape index (κ2) is 8.01. The molecular weight excluding hydrogens is 256 g/mol. The van der Waals surface area contributed by atoms with Gasteiger partial charge in [-0.15, -0.1) is 0 Å². The Morgan fingerprint density at radius 2 is 2.15 bits per heavy atom. The molecule has 0 atom stereocenters. The molecule has 1 N–H and O–H groups in total. The van der Waals surface area contributed by atoms with Crippen LogP contribution in [0.25, 0.3) is 0 Å². The van der Waals surface area contributed by atoms with E-state index in [2.05, 4.69) is 22.1 Å². The Kier molecular flexibility index (Phi) is 6.01. The Morgan fingerprint density at radius 3 is 2.90 bits per heavy atom. The van der Waals surface area contributed by atoms with Gasteiger partial charge in [-0.2, -0.15) is 0 Å². The average Bonchev–Trinajstić information content (AvgIpc) is 2.48. The molecule has 6 nitrogen and oxygen atoms in total. The molecule has 0 saturated carbocycles. The summed E-state index contributed by atoms with van der Waals surface area (Å²) in [5.74, 6) is 0.461. The van der Waals surface area contributed by atoms with E-state index in [1.54, 1.807) is 17.0 Å². The van der Waals surface area contributed by atoms with Crippen molar-refractivity contribution in [2.24, 2.45) is 0 Å². The van der Waals surface area contributed by atoms with Crippen molar-refractivity contribution in [3.05, 3.63) is 22.7 Å². The number of rotatable bonds is 7. The second-order valence-corrected chi connectivity index (χ2v) is 5.01. The molecule has 0 spiro atoms. The van der Waals surface area contributed by atoms with Crippen LogP contribution >= 0.6 is 0 Å². The Morgan fingerprint density at radius 1 is 1.35 bits per heavy atom. The van der Waals surface area contributed by atoms with Crippen LogP contribution in [0.4, 0.5) is 5.82 Å². The SMILES string of the molecule is CCCn1ccnc(NCCCN2CCOCC2)c1=O. The van der Waals surface area contributed by atoms with Gasteiger partial charge in [0.1, 0.15) is 0 Å². The first-order valence-corrected chi connectivity index (χ1v) is 7.40. The molecule has 1 aromatic rings. The quantitative estimate of drug-likeness (QED) is 0.748. The van der Waals surface area contributed by atoms with Crippen LogP contribution in [0.5, 0.6) is 0 Å². The van der Waals surface area contributed by atoms with Gasteiger partial charge in [0, 0.05) is 38.6 Å². The van der Waals surface area contributed by atoms with Gasteiger partial charge in [-0.25, -0.2) is 4.98 Å². The molecule has 0 aliphatic carbocycles. The van der Waals surface area contributed by atoms with Crippen molar-refractivity contribution in [2.45, 2.75) is 26.3 Å². The fourth-order valence-electron chi connectivity index (χ4n) is 2.32. The van der Waals surface area contributed by atoms with Crippen LogP contribution in [0.15, 0.2) is 17.2 Å². The van der Waals surface area contributed by atoms with Crippen molar-refractivity contribution in [1.82, 2.24) is 14.5 Å². The maximum absolute atomic E-state index is 12.1. The van der Waals surface area contributed by atoms with Crippen LogP contribution < -0.4 is 10.9 Å². The van der Waals surface area contributed by atoms with Crippen LogP contribution in [0.3, 0.4) is 0 Å². The highest BCUT2D eigenvalue weighted by atomic mass is 16.5. The van der Waals surface area contributed by atoms with Crippen molar-refractivity contribution in [2.75, 3.05) is 44.7 Å². The minimum Gasteiger partial charge on any atom is -0.379 e. The van der Waals surface area contributed by atoms with Crippen LogP contribution in [0.2, 0.25) is 0 Å². The maximum atomic E-state index is 12.1. The van der Waals surface area contributed by atoms with Crippen molar-refractivity contribution < 1.29 is 4.74 Å². The fraction of sp³-hybridized carbons (Fsp3) is 0.714. The number of aryl methyl sites for hydroxylation is 1. The molecular formula is C14H24N4O2. The molecule has 6 heteroatoms. The summed E-state index contributed by atoms with van der Waals surface area (Å²) >= 11 is 0. The van der Waals surface area contributed by atoms with Crippen LogP contribution in [-0.4, -0.2) is 53.8 Å². The normalized spacial score (nSPS) is 16.2. The van der Waals surface area contributed by atoms with Crippen LogP contribution in [0, 0.1) is 0 Å². The number of ether oxygens (including phenoxy) is 1. The lowest BCUT2D eigenvalue weighted by Crippen LogP contribution is -2.37. The van der Waals surface area contributed by atoms with E-state index >= 15 is 0 Å². The standard InChI is InChI=1S/C14H24N4O2/c1-2-6-18-8-5-16-13(14(18)19)15-4-3-7-17-9-11-20-12-10-17/h5,8H,2-4,6-7,9-12H2,1H3,(H,15,16). The van der Waals surface area contributed by atoms with Gasteiger partial charge in [0.15, 0.2) is 5.82 Å². The predicted molar refractivity (Wildman–Crippen MR) is 79.2 cm³/mol. The van der Waals surface area contributed by atoms with E-state index in [0.29, 0.717) is 5.82 Å². The molecule has 2 heterocycles. The predicted octanol–water partition coefficient (Wildman–Crippen LogP) is 0.788. The maximum Gasteiger partial charge on any atom is 0.293 e. The van der Waals surface area contributed by atoms with Crippen molar-refractivity contribution >= 4 is 5.82 Å². The van der Waals surface area contributed by atoms with E-state index in [-0.39, 0.29) is 5.56 Å². The van der Waals surface area contributed by atoms with Crippen LogP contribution in [0.1, 0.15) is 19.8 Å². The lowest BCUT2D eigenvalue weighted by Gasteiger charge is -2.26. The number of anilines is 1. The van der Waals surface area contributed by atoms with Crippen molar-refractivity contribution in [3.8, 4) is 0 Å². The zero-order valence-corrected chi connectivity index (χ0v) is 12.2.